The maximum atomic E-state index is 12.2. The van der Waals surface area contributed by atoms with Crippen LogP contribution in [0.3, 0.4) is 0 Å². The zero-order valence-electron chi connectivity index (χ0n) is 13.3. The van der Waals surface area contributed by atoms with Gasteiger partial charge in [0.15, 0.2) is 0 Å². The average molecular weight is 295 g/mol. The number of nitrogens with one attached hydrogen (secondary N) is 1. The third-order valence-electron chi connectivity index (χ3n) is 3.84. The summed E-state index contributed by atoms with van der Waals surface area (Å²) in [5.41, 5.74) is 1.65. The lowest BCUT2D eigenvalue weighted by molar-refractivity contribution is -0.117. The molecule has 0 radical (unpaired) electrons. The van der Waals surface area contributed by atoms with Crippen molar-refractivity contribution in [3.63, 3.8) is 0 Å². The van der Waals surface area contributed by atoms with Gasteiger partial charge in [0.05, 0.1) is 17.1 Å². The van der Waals surface area contributed by atoms with Crippen molar-refractivity contribution in [2.75, 3.05) is 5.32 Å². The second kappa shape index (κ2) is 5.17. The van der Waals surface area contributed by atoms with Gasteiger partial charge in [-0.15, -0.1) is 0 Å². The number of anilines is 1. The number of carbonyl (C=O) groups is 1. The number of hydrogen-bond donors (Lipinski definition) is 1. The van der Waals surface area contributed by atoms with Gasteiger partial charge in [0.2, 0.25) is 5.91 Å². The number of nitriles is 1. The molecular formula is C18H21N3O. The van der Waals surface area contributed by atoms with Gasteiger partial charge in [-0.25, -0.2) is 0 Å². The monoisotopic (exact) mass is 295 g/mol. The Labute approximate surface area is 130 Å². The van der Waals surface area contributed by atoms with Crippen LogP contribution in [-0.4, -0.2) is 10.5 Å². The van der Waals surface area contributed by atoms with E-state index in [0.29, 0.717) is 18.0 Å². The van der Waals surface area contributed by atoms with Crippen LogP contribution in [0.15, 0.2) is 24.3 Å². The van der Waals surface area contributed by atoms with E-state index in [9.17, 15) is 4.79 Å². The van der Waals surface area contributed by atoms with Gasteiger partial charge in [0.25, 0.3) is 0 Å². The molecule has 0 atom stereocenters. The van der Waals surface area contributed by atoms with E-state index in [2.05, 4.69) is 36.7 Å². The number of fused-ring (bicyclic) bond motifs is 1. The molecule has 1 aromatic heterocycles. The molecule has 2 aromatic rings. The molecule has 1 saturated carbocycles. The highest BCUT2D eigenvalue weighted by atomic mass is 16.1. The van der Waals surface area contributed by atoms with E-state index < -0.39 is 0 Å². The summed E-state index contributed by atoms with van der Waals surface area (Å²) in [6.07, 6.45) is 2.74. The molecule has 1 heterocycles. The maximum Gasteiger partial charge on any atom is 0.226 e. The summed E-state index contributed by atoms with van der Waals surface area (Å²) >= 11 is 0. The van der Waals surface area contributed by atoms with E-state index in [-0.39, 0.29) is 11.3 Å². The molecule has 1 N–H and O–H groups in total. The Hall–Kier alpha value is -2.28. The molecule has 0 spiro atoms. The van der Waals surface area contributed by atoms with Crippen LogP contribution in [0.25, 0.3) is 10.9 Å². The summed E-state index contributed by atoms with van der Waals surface area (Å²) in [5, 5.41) is 13.2. The fourth-order valence-corrected chi connectivity index (χ4v) is 2.78. The number of aromatic nitrogens is 1. The van der Waals surface area contributed by atoms with Gasteiger partial charge in [0, 0.05) is 17.8 Å². The molecule has 1 aromatic carbocycles. The molecule has 114 valence electrons. The summed E-state index contributed by atoms with van der Waals surface area (Å²) in [6, 6.07) is 10.3. The van der Waals surface area contributed by atoms with Gasteiger partial charge in [-0.2, -0.15) is 5.26 Å². The molecular weight excluding hydrogens is 274 g/mol. The van der Waals surface area contributed by atoms with Gasteiger partial charge in [-0.05, 0) is 36.5 Å². The summed E-state index contributed by atoms with van der Waals surface area (Å²) in [5.74, 6) is 0.888. The quantitative estimate of drug-likeness (QED) is 0.921. The Balaban J connectivity index is 1.97. The molecule has 0 bridgehead atoms. The predicted molar refractivity (Wildman–Crippen MR) is 87.6 cm³/mol. The number of rotatable bonds is 3. The molecule has 22 heavy (non-hydrogen) atoms. The lowest BCUT2D eigenvalue weighted by Gasteiger charge is -2.18. The van der Waals surface area contributed by atoms with Crippen LogP contribution in [-0.2, 0) is 4.79 Å². The Morgan fingerprint density at radius 2 is 2.09 bits per heavy atom. The zero-order chi connectivity index (χ0) is 15.9. The average Bonchev–Trinajstić information content (AvgIpc) is 3.18. The van der Waals surface area contributed by atoms with Crippen molar-refractivity contribution in [3.05, 3.63) is 29.8 Å². The van der Waals surface area contributed by atoms with E-state index >= 15 is 0 Å². The third-order valence-corrected chi connectivity index (χ3v) is 3.84. The minimum Gasteiger partial charge on any atom is -0.324 e. The normalized spacial score (nSPS) is 14.8. The van der Waals surface area contributed by atoms with Crippen molar-refractivity contribution in [2.45, 2.75) is 46.1 Å². The van der Waals surface area contributed by atoms with Crippen molar-refractivity contribution in [1.29, 1.82) is 5.26 Å². The van der Waals surface area contributed by atoms with Crippen LogP contribution in [0.2, 0.25) is 0 Å². The number of amides is 1. The van der Waals surface area contributed by atoms with E-state index in [1.807, 2.05) is 24.3 Å². The first-order valence-electron chi connectivity index (χ1n) is 7.72. The predicted octanol–water partition coefficient (Wildman–Crippen LogP) is 4.22. The van der Waals surface area contributed by atoms with Gasteiger partial charge in [-0.3, -0.25) is 4.79 Å². The van der Waals surface area contributed by atoms with E-state index in [1.54, 1.807) is 0 Å². The molecule has 1 fully saturated rings. The zero-order valence-corrected chi connectivity index (χ0v) is 13.3. The van der Waals surface area contributed by atoms with Crippen molar-refractivity contribution >= 4 is 22.6 Å². The van der Waals surface area contributed by atoms with Crippen molar-refractivity contribution in [2.24, 2.45) is 5.41 Å². The lowest BCUT2D eigenvalue weighted by Crippen LogP contribution is -2.21. The van der Waals surface area contributed by atoms with Gasteiger partial charge >= 0.3 is 0 Å². The van der Waals surface area contributed by atoms with Gasteiger partial charge in [0.1, 0.15) is 5.82 Å². The lowest BCUT2D eigenvalue weighted by atomic mass is 9.92. The Kier molecular flexibility index (Phi) is 3.44. The molecule has 1 aliphatic carbocycles. The van der Waals surface area contributed by atoms with Crippen molar-refractivity contribution in [1.82, 2.24) is 4.57 Å². The molecule has 4 nitrogen and oxygen atoms in total. The second-order valence-corrected chi connectivity index (χ2v) is 7.30. The topological polar surface area (TPSA) is 57.8 Å². The number of benzene rings is 1. The summed E-state index contributed by atoms with van der Waals surface area (Å²) in [7, 11) is 0. The summed E-state index contributed by atoms with van der Waals surface area (Å²) in [6.45, 7) is 6.17. The van der Waals surface area contributed by atoms with E-state index in [4.69, 9.17) is 5.26 Å². The summed E-state index contributed by atoms with van der Waals surface area (Å²) < 4.78 is 2.18. The maximum absolute atomic E-state index is 12.2. The Morgan fingerprint density at radius 1 is 1.36 bits per heavy atom. The highest BCUT2D eigenvalue weighted by molar-refractivity contribution is 5.95. The fraction of sp³-hybridized carbons (Fsp3) is 0.444. The molecule has 1 aliphatic rings. The summed E-state index contributed by atoms with van der Waals surface area (Å²) in [4.78, 5) is 12.2. The van der Waals surface area contributed by atoms with Crippen LogP contribution in [0.5, 0.6) is 0 Å². The van der Waals surface area contributed by atoms with Crippen LogP contribution in [0, 0.1) is 16.7 Å². The highest BCUT2D eigenvalue weighted by Gasteiger charge is 2.28. The van der Waals surface area contributed by atoms with E-state index in [0.717, 1.165) is 29.6 Å². The minimum absolute atomic E-state index is 0.0332. The smallest absolute Gasteiger partial charge is 0.226 e. The molecule has 0 unspecified atom stereocenters. The Morgan fingerprint density at radius 3 is 2.68 bits per heavy atom. The van der Waals surface area contributed by atoms with Crippen molar-refractivity contribution < 1.29 is 4.79 Å². The highest BCUT2D eigenvalue weighted by Crippen LogP contribution is 2.41. The van der Waals surface area contributed by atoms with Gasteiger partial charge < -0.3 is 9.88 Å². The minimum atomic E-state index is -0.0332. The van der Waals surface area contributed by atoms with Gasteiger partial charge in [-0.1, -0.05) is 26.8 Å². The van der Waals surface area contributed by atoms with Crippen LogP contribution < -0.4 is 5.32 Å². The first kappa shape index (κ1) is 14.6. The number of carbonyl (C=O) groups excluding carboxylic acids is 1. The first-order chi connectivity index (χ1) is 10.4. The molecule has 3 rings (SSSR count). The second-order valence-electron chi connectivity index (χ2n) is 7.30. The fourth-order valence-electron chi connectivity index (χ4n) is 2.78. The molecule has 4 heteroatoms. The van der Waals surface area contributed by atoms with E-state index in [1.165, 1.54) is 0 Å². The third kappa shape index (κ3) is 2.99. The van der Waals surface area contributed by atoms with Crippen LogP contribution in [0.1, 0.15) is 51.6 Å². The van der Waals surface area contributed by atoms with Crippen LogP contribution in [0.4, 0.5) is 5.82 Å². The number of nitrogens with zero attached hydrogens (tertiary/aromatic N) is 2. The first-order valence-corrected chi connectivity index (χ1v) is 7.72. The largest absolute Gasteiger partial charge is 0.324 e. The molecule has 0 saturated heterocycles. The van der Waals surface area contributed by atoms with Crippen LogP contribution >= 0.6 is 0 Å². The molecule has 1 amide bonds. The molecule has 0 aliphatic heterocycles. The standard InChI is InChI=1S/C18H21N3O/c1-18(2,3)10-17(22)20-16-9-13-5-4-12(11-19)8-15(13)21(16)14-6-7-14/h4-5,8-9,14H,6-7,10H2,1-3H3,(H,20,22). The SMILES string of the molecule is CC(C)(C)CC(=O)Nc1cc2ccc(C#N)cc2n1C1CC1. The number of hydrogen-bond acceptors (Lipinski definition) is 2. The van der Waals surface area contributed by atoms with Crippen molar-refractivity contribution in [3.8, 4) is 6.07 Å². The Bertz CT molecular complexity index is 770.